The smallest absolute Gasteiger partial charge is 0.257 e. The Balaban J connectivity index is 2.12. The number of aliphatic hydroxyl groups is 1. The lowest BCUT2D eigenvalue weighted by atomic mass is 9.83. The van der Waals surface area contributed by atoms with Crippen molar-refractivity contribution in [3.8, 4) is 5.75 Å². The molecule has 1 aliphatic rings. The van der Waals surface area contributed by atoms with Crippen LogP contribution < -0.4 is 20.7 Å². The minimum Gasteiger partial charge on any atom is -0.493 e. The van der Waals surface area contributed by atoms with Crippen molar-refractivity contribution in [3.63, 3.8) is 0 Å². The molecule has 2 rings (SSSR count). The van der Waals surface area contributed by atoms with Crippen LogP contribution in [0.5, 0.6) is 5.75 Å². The van der Waals surface area contributed by atoms with Gasteiger partial charge in [0.1, 0.15) is 5.75 Å². The first-order chi connectivity index (χ1) is 21.9. The Labute approximate surface area is 279 Å². The van der Waals surface area contributed by atoms with Gasteiger partial charge in [0.05, 0.1) is 18.3 Å². The molecular weight excluding hydrogens is 582 g/mol. The number of piperazine rings is 1. The zero-order chi connectivity index (χ0) is 34.2. The van der Waals surface area contributed by atoms with Crippen LogP contribution in [0.25, 0.3) is 0 Å². The number of likely N-dealkylation sites (N-methyl/N-ethyl adjacent to an activating group) is 1. The molecule has 1 heterocycles. The van der Waals surface area contributed by atoms with Crippen molar-refractivity contribution in [1.29, 1.82) is 0 Å². The molecule has 1 fully saturated rings. The Kier molecular flexibility index (Phi) is 17.9. The van der Waals surface area contributed by atoms with Crippen molar-refractivity contribution in [2.24, 2.45) is 29.4 Å². The first-order valence-corrected chi connectivity index (χ1v) is 17.6. The van der Waals surface area contributed by atoms with Crippen LogP contribution in [0, 0.1) is 23.7 Å². The Morgan fingerprint density at radius 1 is 1.02 bits per heavy atom. The van der Waals surface area contributed by atoms with Gasteiger partial charge in [-0.2, -0.15) is 0 Å². The number of ether oxygens (including phenoxy) is 2. The van der Waals surface area contributed by atoms with Gasteiger partial charge in [-0.3, -0.25) is 9.59 Å². The first-order valence-electron chi connectivity index (χ1n) is 17.6. The Morgan fingerprint density at radius 2 is 1.70 bits per heavy atom. The summed E-state index contributed by atoms with van der Waals surface area (Å²) in [6, 6.07) is 5.43. The van der Waals surface area contributed by atoms with E-state index in [1.54, 1.807) is 12.0 Å². The standard InChI is InChI=1S/C36H65N5O5/c1-9-10-15-38-35(43)31(27(4)5)24-33(42)32(37)22-28(26(2)3)25-40(7)36(44)30-14-13-29(41-18-16-39(6)17-19-41)23-34(30)46-21-12-11-20-45-8/h13-14,23,26-28,31-33,42H,9-12,15-22,24-25,37H2,1-8H3,(H,38,43)/t28-,31+,32+,33+/m1/s1. The van der Waals surface area contributed by atoms with Crippen LogP contribution >= 0.6 is 0 Å². The summed E-state index contributed by atoms with van der Waals surface area (Å²) in [5.41, 5.74) is 8.19. The van der Waals surface area contributed by atoms with Crippen molar-refractivity contribution in [1.82, 2.24) is 15.1 Å². The third kappa shape index (κ3) is 13.0. The molecule has 2 amide bonds. The van der Waals surface area contributed by atoms with Crippen molar-refractivity contribution < 1.29 is 24.2 Å². The van der Waals surface area contributed by atoms with Gasteiger partial charge in [-0.15, -0.1) is 0 Å². The number of anilines is 1. The highest BCUT2D eigenvalue weighted by Crippen LogP contribution is 2.29. The van der Waals surface area contributed by atoms with Crippen LogP contribution in [-0.4, -0.2) is 113 Å². The molecule has 0 unspecified atom stereocenters. The molecule has 0 saturated carbocycles. The fourth-order valence-corrected chi connectivity index (χ4v) is 5.94. The molecule has 10 nitrogen and oxygen atoms in total. The largest absolute Gasteiger partial charge is 0.493 e. The highest BCUT2D eigenvalue weighted by atomic mass is 16.5. The summed E-state index contributed by atoms with van der Waals surface area (Å²) in [5, 5.41) is 14.1. The minimum atomic E-state index is -0.813. The molecule has 4 atom stereocenters. The average molecular weight is 648 g/mol. The van der Waals surface area contributed by atoms with Gasteiger partial charge in [0, 0.05) is 83.7 Å². The van der Waals surface area contributed by atoms with Gasteiger partial charge in [0.2, 0.25) is 5.91 Å². The van der Waals surface area contributed by atoms with Gasteiger partial charge < -0.3 is 40.3 Å². The molecular formula is C36H65N5O5. The van der Waals surface area contributed by atoms with E-state index >= 15 is 0 Å². The minimum absolute atomic E-state index is 0.0178. The van der Waals surface area contributed by atoms with E-state index in [1.165, 1.54) is 0 Å². The highest BCUT2D eigenvalue weighted by molar-refractivity contribution is 5.97. The lowest BCUT2D eigenvalue weighted by molar-refractivity contribution is -0.127. The lowest BCUT2D eigenvalue weighted by Gasteiger charge is -2.34. The number of benzene rings is 1. The molecule has 0 radical (unpaired) electrons. The first kappa shape index (κ1) is 39.8. The number of carbonyl (C=O) groups excluding carboxylic acids is 2. The third-order valence-electron chi connectivity index (χ3n) is 9.40. The number of methoxy groups -OCH3 is 1. The molecule has 264 valence electrons. The Hall–Kier alpha value is -2.40. The number of hydrogen-bond acceptors (Lipinski definition) is 8. The van der Waals surface area contributed by atoms with Gasteiger partial charge in [-0.25, -0.2) is 0 Å². The van der Waals surface area contributed by atoms with Gasteiger partial charge in [0.15, 0.2) is 0 Å². The molecule has 1 saturated heterocycles. The van der Waals surface area contributed by atoms with Gasteiger partial charge in [0.25, 0.3) is 5.91 Å². The van der Waals surface area contributed by atoms with Crippen LogP contribution in [0.15, 0.2) is 18.2 Å². The van der Waals surface area contributed by atoms with Crippen molar-refractivity contribution in [3.05, 3.63) is 23.8 Å². The maximum Gasteiger partial charge on any atom is 0.257 e. The van der Waals surface area contributed by atoms with E-state index in [1.807, 2.05) is 39.1 Å². The number of aliphatic hydroxyl groups excluding tert-OH is 1. The van der Waals surface area contributed by atoms with E-state index in [0.717, 1.165) is 57.5 Å². The third-order valence-corrected chi connectivity index (χ3v) is 9.40. The second-order valence-corrected chi connectivity index (χ2v) is 13.9. The predicted molar refractivity (Wildman–Crippen MR) is 188 cm³/mol. The molecule has 10 heteroatoms. The normalized spacial score (nSPS) is 16.7. The van der Waals surface area contributed by atoms with E-state index in [-0.39, 0.29) is 35.5 Å². The number of nitrogens with one attached hydrogen (secondary N) is 1. The van der Waals surface area contributed by atoms with E-state index in [4.69, 9.17) is 15.2 Å². The quantitative estimate of drug-likeness (QED) is 0.170. The maximum absolute atomic E-state index is 13.9. The summed E-state index contributed by atoms with van der Waals surface area (Å²) < 4.78 is 11.4. The summed E-state index contributed by atoms with van der Waals surface area (Å²) in [7, 11) is 5.66. The van der Waals surface area contributed by atoms with E-state index in [0.29, 0.717) is 50.5 Å². The van der Waals surface area contributed by atoms with E-state index < -0.39 is 12.1 Å². The molecule has 1 aromatic carbocycles. The Bertz CT molecular complexity index is 1030. The van der Waals surface area contributed by atoms with Crippen molar-refractivity contribution in [2.45, 2.75) is 85.3 Å². The van der Waals surface area contributed by atoms with Crippen LogP contribution in [-0.2, 0) is 9.53 Å². The van der Waals surface area contributed by atoms with Crippen LogP contribution in [0.1, 0.15) is 83.5 Å². The number of unbranched alkanes of at least 4 members (excludes halogenated alkanes) is 2. The summed E-state index contributed by atoms with van der Waals surface area (Å²) >= 11 is 0. The molecule has 0 bridgehead atoms. The lowest BCUT2D eigenvalue weighted by Crippen LogP contribution is -2.44. The SMILES string of the molecule is CCCCNC(=O)[C@@H](C[C@H](O)[C@@H](N)C[C@H](CN(C)C(=O)c1ccc(N2CCN(C)CC2)cc1OCCCCOC)C(C)C)C(C)C. The molecule has 0 aliphatic carbocycles. The molecule has 0 spiro atoms. The maximum atomic E-state index is 13.9. The number of hydrogen-bond donors (Lipinski definition) is 3. The van der Waals surface area contributed by atoms with Crippen LogP contribution in [0.2, 0.25) is 0 Å². The molecule has 46 heavy (non-hydrogen) atoms. The zero-order valence-electron chi connectivity index (χ0n) is 30.1. The molecule has 0 aromatic heterocycles. The van der Waals surface area contributed by atoms with E-state index in [9.17, 15) is 14.7 Å². The average Bonchev–Trinajstić information content (AvgIpc) is 3.02. The van der Waals surface area contributed by atoms with Crippen LogP contribution in [0.4, 0.5) is 5.69 Å². The fourth-order valence-electron chi connectivity index (χ4n) is 5.94. The predicted octanol–water partition coefficient (Wildman–Crippen LogP) is 4.24. The molecule has 1 aliphatic heterocycles. The van der Waals surface area contributed by atoms with Gasteiger partial charge in [-0.05, 0) is 69.0 Å². The van der Waals surface area contributed by atoms with Crippen molar-refractivity contribution in [2.75, 3.05) is 78.6 Å². The molecule has 1 aromatic rings. The Morgan fingerprint density at radius 3 is 2.30 bits per heavy atom. The number of nitrogens with zero attached hydrogens (tertiary/aromatic N) is 3. The zero-order valence-corrected chi connectivity index (χ0v) is 30.1. The second-order valence-electron chi connectivity index (χ2n) is 13.9. The van der Waals surface area contributed by atoms with E-state index in [2.05, 4.69) is 42.9 Å². The topological polar surface area (TPSA) is 121 Å². The van der Waals surface area contributed by atoms with Gasteiger partial charge in [-0.1, -0.05) is 41.0 Å². The summed E-state index contributed by atoms with van der Waals surface area (Å²) in [4.78, 5) is 33.2. The number of rotatable bonds is 21. The monoisotopic (exact) mass is 647 g/mol. The fraction of sp³-hybridized carbons (Fsp3) is 0.778. The highest BCUT2D eigenvalue weighted by Gasteiger charge is 2.31. The van der Waals surface area contributed by atoms with Gasteiger partial charge >= 0.3 is 0 Å². The second kappa shape index (κ2) is 20.8. The summed E-state index contributed by atoms with van der Waals surface area (Å²) in [5.74, 6) is 0.584. The number of amides is 2. The molecule has 4 N–H and O–H groups in total. The summed E-state index contributed by atoms with van der Waals surface area (Å²) in [6.45, 7) is 16.5. The number of nitrogens with two attached hydrogens (primary N) is 1. The van der Waals surface area contributed by atoms with Crippen LogP contribution in [0.3, 0.4) is 0 Å². The summed E-state index contributed by atoms with van der Waals surface area (Å²) in [6.07, 6.45) is 3.73. The van der Waals surface area contributed by atoms with Crippen molar-refractivity contribution >= 4 is 17.5 Å². The number of carbonyl (C=O) groups is 2.